The maximum absolute atomic E-state index is 9.10. The maximum atomic E-state index is 9.10. The van der Waals surface area contributed by atoms with E-state index in [0.29, 0.717) is 12.6 Å². The zero-order valence-electron chi connectivity index (χ0n) is 13.9. The molecule has 6 nitrogen and oxygen atoms in total. The van der Waals surface area contributed by atoms with Crippen LogP contribution in [0, 0.1) is 13.8 Å². The minimum absolute atomic E-state index is 0.548. The molecule has 0 aliphatic heterocycles. The molecule has 1 aromatic rings. The first-order valence-corrected chi connectivity index (χ1v) is 7.65. The zero-order chi connectivity index (χ0) is 18.0. The van der Waals surface area contributed by atoms with Gasteiger partial charge in [-0.05, 0) is 50.5 Å². The van der Waals surface area contributed by atoms with Gasteiger partial charge in [0.25, 0.3) is 0 Å². The van der Waals surface area contributed by atoms with Gasteiger partial charge >= 0.3 is 11.9 Å². The molecule has 0 amide bonds. The fourth-order valence-electron chi connectivity index (χ4n) is 1.61. The van der Waals surface area contributed by atoms with Gasteiger partial charge in [0, 0.05) is 17.6 Å². The van der Waals surface area contributed by atoms with Crippen LogP contribution in [0.25, 0.3) is 0 Å². The van der Waals surface area contributed by atoms with Crippen LogP contribution in [0.1, 0.15) is 31.4 Å². The van der Waals surface area contributed by atoms with E-state index in [1.165, 1.54) is 0 Å². The van der Waals surface area contributed by atoms with Crippen LogP contribution in [0.5, 0.6) is 5.75 Å². The number of carboxylic acids is 2. The summed E-state index contributed by atoms with van der Waals surface area (Å²) in [6.07, 6.45) is 1.14. The molecule has 0 heterocycles. The van der Waals surface area contributed by atoms with E-state index < -0.39 is 11.9 Å². The van der Waals surface area contributed by atoms with Gasteiger partial charge in [-0.25, -0.2) is 9.59 Å². The van der Waals surface area contributed by atoms with Crippen LogP contribution in [-0.2, 0) is 9.59 Å². The molecule has 0 saturated heterocycles. The number of aliphatic carboxylic acids is 2. The van der Waals surface area contributed by atoms with Crippen molar-refractivity contribution < 1.29 is 24.5 Å². The number of halogens is 1. The second-order valence-electron chi connectivity index (χ2n) is 5.09. The van der Waals surface area contributed by atoms with Crippen molar-refractivity contribution in [2.75, 3.05) is 13.2 Å². The second kappa shape index (κ2) is 10.9. The van der Waals surface area contributed by atoms with E-state index in [1.807, 2.05) is 26.0 Å². The van der Waals surface area contributed by atoms with Crippen molar-refractivity contribution >= 4 is 23.5 Å². The number of hydrogen-bond acceptors (Lipinski definition) is 4. The van der Waals surface area contributed by atoms with E-state index in [0.717, 1.165) is 34.9 Å². The van der Waals surface area contributed by atoms with Gasteiger partial charge in [0.1, 0.15) is 12.4 Å². The monoisotopic (exact) mass is 345 g/mol. The lowest BCUT2D eigenvalue weighted by molar-refractivity contribution is -0.159. The van der Waals surface area contributed by atoms with Crippen LogP contribution >= 0.6 is 11.6 Å². The molecule has 0 bridgehead atoms. The van der Waals surface area contributed by atoms with Crippen molar-refractivity contribution in [2.45, 2.75) is 40.2 Å². The number of ether oxygens (including phenoxy) is 1. The van der Waals surface area contributed by atoms with Crippen molar-refractivity contribution in [3.63, 3.8) is 0 Å². The Morgan fingerprint density at radius 3 is 2.09 bits per heavy atom. The molecule has 0 aliphatic rings. The minimum atomic E-state index is -1.82. The first-order chi connectivity index (χ1) is 10.7. The summed E-state index contributed by atoms with van der Waals surface area (Å²) in [5.41, 5.74) is 2.13. The fourth-order valence-corrected chi connectivity index (χ4v) is 1.72. The molecular formula is C16H24ClNO5. The summed E-state index contributed by atoms with van der Waals surface area (Å²) in [6.45, 7) is 9.90. The summed E-state index contributed by atoms with van der Waals surface area (Å²) in [4.78, 5) is 18.2. The summed E-state index contributed by atoms with van der Waals surface area (Å²) >= 11 is 6.10. The smallest absolute Gasteiger partial charge is 0.414 e. The molecule has 1 aromatic carbocycles. The highest BCUT2D eigenvalue weighted by atomic mass is 35.5. The summed E-state index contributed by atoms with van der Waals surface area (Å²) in [5.74, 6) is -2.75. The third-order valence-corrected chi connectivity index (χ3v) is 3.67. The Labute approximate surface area is 141 Å². The molecule has 0 aliphatic carbocycles. The van der Waals surface area contributed by atoms with Crippen LogP contribution < -0.4 is 10.1 Å². The Bertz CT molecular complexity index is 498. The van der Waals surface area contributed by atoms with Crippen molar-refractivity contribution in [3.8, 4) is 5.75 Å². The predicted octanol–water partition coefficient (Wildman–Crippen LogP) is 2.88. The molecule has 3 N–H and O–H groups in total. The first-order valence-electron chi connectivity index (χ1n) is 7.28. The average Bonchev–Trinajstić information content (AvgIpc) is 2.49. The van der Waals surface area contributed by atoms with E-state index >= 15 is 0 Å². The highest BCUT2D eigenvalue weighted by Gasteiger charge is 2.04. The second-order valence-corrected chi connectivity index (χ2v) is 5.47. The molecule has 1 rings (SSSR count). The largest absolute Gasteiger partial charge is 0.492 e. The van der Waals surface area contributed by atoms with Crippen LogP contribution in [0.2, 0.25) is 5.02 Å². The standard InChI is InChI=1S/C14H22ClNO.C2H2O4/c1-5-12(4)16-6-7-17-13-8-10(2)14(15)11(3)9-13;3-1(4)2(5)6/h8-9,12,16H,5-7H2,1-4H3;(H,3,4)(H,5,6). The molecule has 1 atom stereocenters. The molecule has 130 valence electrons. The van der Waals surface area contributed by atoms with Crippen molar-refractivity contribution in [1.82, 2.24) is 5.32 Å². The zero-order valence-corrected chi connectivity index (χ0v) is 14.6. The normalized spacial score (nSPS) is 11.2. The Kier molecular flexibility index (Phi) is 10.0. The SMILES string of the molecule is CCC(C)NCCOc1cc(C)c(Cl)c(C)c1.O=C(O)C(=O)O. The Morgan fingerprint density at radius 1 is 1.22 bits per heavy atom. The lowest BCUT2D eigenvalue weighted by Crippen LogP contribution is -2.29. The predicted molar refractivity (Wildman–Crippen MR) is 89.4 cm³/mol. The third-order valence-electron chi connectivity index (χ3n) is 3.07. The van der Waals surface area contributed by atoms with Gasteiger partial charge in [0.2, 0.25) is 0 Å². The quantitative estimate of drug-likeness (QED) is 0.542. The summed E-state index contributed by atoms with van der Waals surface area (Å²) in [7, 11) is 0. The minimum Gasteiger partial charge on any atom is -0.492 e. The van der Waals surface area contributed by atoms with Gasteiger partial charge in [-0.3, -0.25) is 0 Å². The van der Waals surface area contributed by atoms with Crippen LogP contribution in [-0.4, -0.2) is 41.3 Å². The number of benzene rings is 1. The van der Waals surface area contributed by atoms with Crippen LogP contribution in [0.15, 0.2) is 12.1 Å². The van der Waals surface area contributed by atoms with Crippen LogP contribution in [0.3, 0.4) is 0 Å². The molecular weight excluding hydrogens is 322 g/mol. The van der Waals surface area contributed by atoms with Gasteiger partial charge in [0.15, 0.2) is 0 Å². The van der Waals surface area contributed by atoms with Crippen LogP contribution in [0.4, 0.5) is 0 Å². The number of aryl methyl sites for hydroxylation is 2. The van der Waals surface area contributed by atoms with E-state index in [4.69, 9.17) is 36.1 Å². The van der Waals surface area contributed by atoms with E-state index in [-0.39, 0.29) is 0 Å². The molecule has 0 fully saturated rings. The number of nitrogens with one attached hydrogen (secondary N) is 1. The molecule has 0 aromatic heterocycles. The van der Waals surface area contributed by atoms with Crippen molar-refractivity contribution in [3.05, 3.63) is 28.3 Å². The lowest BCUT2D eigenvalue weighted by atomic mass is 10.1. The average molecular weight is 346 g/mol. The lowest BCUT2D eigenvalue weighted by Gasteiger charge is -2.13. The highest BCUT2D eigenvalue weighted by Crippen LogP contribution is 2.25. The highest BCUT2D eigenvalue weighted by molar-refractivity contribution is 6.32. The number of rotatable bonds is 6. The Balaban J connectivity index is 0.000000688. The van der Waals surface area contributed by atoms with Crippen molar-refractivity contribution in [2.24, 2.45) is 0 Å². The summed E-state index contributed by atoms with van der Waals surface area (Å²) in [5, 5.41) is 19.0. The summed E-state index contributed by atoms with van der Waals surface area (Å²) < 4.78 is 5.70. The molecule has 0 saturated carbocycles. The number of carboxylic acid groups (broad SMARTS) is 2. The topological polar surface area (TPSA) is 95.9 Å². The van der Waals surface area contributed by atoms with Gasteiger partial charge in [-0.1, -0.05) is 18.5 Å². The number of hydrogen-bond donors (Lipinski definition) is 3. The fraction of sp³-hybridized carbons (Fsp3) is 0.500. The maximum Gasteiger partial charge on any atom is 0.414 e. The van der Waals surface area contributed by atoms with E-state index in [2.05, 4.69) is 19.2 Å². The molecule has 7 heteroatoms. The third kappa shape index (κ3) is 9.05. The van der Waals surface area contributed by atoms with Gasteiger partial charge in [-0.15, -0.1) is 0 Å². The molecule has 1 unspecified atom stereocenters. The molecule has 23 heavy (non-hydrogen) atoms. The van der Waals surface area contributed by atoms with Crippen molar-refractivity contribution in [1.29, 1.82) is 0 Å². The Morgan fingerprint density at radius 2 is 1.70 bits per heavy atom. The van der Waals surface area contributed by atoms with Gasteiger partial charge < -0.3 is 20.3 Å². The van der Waals surface area contributed by atoms with E-state index in [9.17, 15) is 0 Å². The Hall–Kier alpha value is -1.79. The van der Waals surface area contributed by atoms with E-state index in [1.54, 1.807) is 0 Å². The first kappa shape index (κ1) is 21.2. The van der Waals surface area contributed by atoms with Gasteiger partial charge in [-0.2, -0.15) is 0 Å². The number of carbonyl (C=O) groups is 2. The molecule has 0 spiro atoms. The summed E-state index contributed by atoms with van der Waals surface area (Å²) in [6, 6.07) is 4.52. The molecule has 0 radical (unpaired) electrons. The van der Waals surface area contributed by atoms with Gasteiger partial charge in [0.05, 0.1) is 0 Å².